The van der Waals surface area contributed by atoms with Gasteiger partial charge in [0, 0.05) is 6.42 Å². The average Bonchev–Trinajstić information content (AvgIpc) is 2.04. The van der Waals surface area contributed by atoms with Gasteiger partial charge >= 0.3 is 51.4 Å². The van der Waals surface area contributed by atoms with Gasteiger partial charge in [0.2, 0.25) is 5.91 Å². The molecule has 1 atom stereocenters. The molecule has 5 heteroatoms. The van der Waals surface area contributed by atoms with E-state index in [9.17, 15) is 14.7 Å². The largest absolute Gasteiger partial charge is 1.00 e. The van der Waals surface area contributed by atoms with Crippen molar-refractivity contribution in [3.8, 4) is 0 Å². The summed E-state index contributed by atoms with van der Waals surface area (Å²) in [6.07, 6.45) is 3.24. The van der Waals surface area contributed by atoms with Crippen LogP contribution < -0.4 is 61.8 Å². The van der Waals surface area contributed by atoms with Crippen molar-refractivity contribution in [1.82, 2.24) is 5.32 Å². The molecule has 0 aromatic rings. The Labute approximate surface area is 127 Å². The molecule has 4 nitrogen and oxygen atoms in total. The molecule has 0 saturated carbocycles. The minimum atomic E-state index is -1.25. The van der Waals surface area contributed by atoms with Crippen LogP contribution in [0.3, 0.4) is 0 Å². The van der Waals surface area contributed by atoms with Crippen molar-refractivity contribution in [2.45, 2.75) is 45.6 Å². The predicted octanol–water partition coefficient (Wildman–Crippen LogP) is -3.17. The van der Waals surface area contributed by atoms with Crippen LogP contribution in [-0.2, 0) is 9.59 Å². The number of hydrogen-bond donors (Lipinski definition) is 1. The van der Waals surface area contributed by atoms with E-state index in [0.29, 0.717) is 6.42 Å². The van der Waals surface area contributed by atoms with E-state index < -0.39 is 12.0 Å². The van der Waals surface area contributed by atoms with E-state index in [1.807, 2.05) is 6.92 Å². The first-order valence-corrected chi connectivity index (χ1v) is 4.58. The van der Waals surface area contributed by atoms with Gasteiger partial charge in [-0.1, -0.05) is 19.8 Å². The molecule has 1 amide bonds. The zero-order chi connectivity index (χ0) is 10.3. The Morgan fingerprint density at radius 1 is 1.36 bits per heavy atom. The van der Waals surface area contributed by atoms with Crippen LogP contribution >= 0.6 is 0 Å². The summed E-state index contributed by atoms with van der Waals surface area (Å²) in [6.45, 7) is 3.44. The van der Waals surface area contributed by atoms with E-state index >= 15 is 0 Å². The maximum Gasteiger partial charge on any atom is 1.00 e. The molecule has 0 unspecified atom stereocenters. The number of aliphatic carboxylic acids is 1. The van der Waals surface area contributed by atoms with Gasteiger partial charge in [-0.05, 0) is 13.3 Å². The number of carboxylic acids is 1. The molecule has 0 aliphatic heterocycles. The summed E-state index contributed by atoms with van der Waals surface area (Å²) in [4.78, 5) is 21.3. The van der Waals surface area contributed by atoms with Crippen LogP contribution in [0.2, 0.25) is 0 Å². The van der Waals surface area contributed by atoms with Gasteiger partial charge in [-0.3, -0.25) is 4.79 Å². The average molecular weight is 225 g/mol. The number of rotatable bonds is 6. The molecule has 0 fully saturated rings. The fourth-order valence-electron chi connectivity index (χ4n) is 0.908. The van der Waals surface area contributed by atoms with E-state index in [2.05, 4.69) is 5.32 Å². The smallest absolute Gasteiger partial charge is 0.548 e. The number of unbranched alkanes of at least 4 members (excludes halogenated alkanes) is 2. The van der Waals surface area contributed by atoms with Gasteiger partial charge in [0.25, 0.3) is 0 Å². The summed E-state index contributed by atoms with van der Waals surface area (Å²) in [7, 11) is 0. The minimum Gasteiger partial charge on any atom is -0.548 e. The number of carbonyl (C=O) groups excluding carboxylic acids is 2. The molecule has 0 aromatic heterocycles. The Morgan fingerprint density at radius 3 is 2.36 bits per heavy atom. The van der Waals surface area contributed by atoms with E-state index in [4.69, 9.17) is 0 Å². The van der Waals surface area contributed by atoms with Crippen molar-refractivity contribution in [1.29, 1.82) is 0 Å². The predicted molar refractivity (Wildman–Crippen MR) is 46.8 cm³/mol. The Balaban J connectivity index is 0. The molecule has 0 saturated heterocycles. The Kier molecular flexibility index (Phi) is 12.3. The fourth-order valence-corrected chi connectivity index (χ4v) is 0.908. The molecule has 0 aliphatic carbocycles. The van der Waals surface area contributed by atoms with Gasteiger partial charge in [-0.2, -0.15) is 0 Å². The van der Waals surface area contributed by atoms with Gasteiger partial charge in [-0.15, -0.1) is 0 Å². The van der Waals surface area contributed by atoms with Crippen molar-refractivity contribution in [2.75, 3.05) is 0 Å². The van der Waals surface area contributed by atoms with Crippen LogP contribution in [0, 0.1) is 0 Å². The molecule has 0 aromatic carbocycles. The summed E-state index contributed by atoms with van der Waals surface area (Å²) in [5.74, 6) is -1.46. The van der Waals surface area contributed by atoms with Crippen molar-refractivity contribution in [3.05, 3.63) is 0 Å². The molecule has 1 N–H and O–H groups in total. The molecule has 0 radical (unpaired) electrons. The van der Waals surface area contributed by atoms with Crippen LogP contribution in [-0.4, -0.2) is 17.9 Å². The van der Waals surface area contributed by atoms with Gasteiger partial charge in [-0.25, -0.2) is 0 Å². The SMILES string of the molecule is CCCCCC(=O)N[C@@H](C)C(=O)[O-].[K+]. The molecular formula is C9H16KNO3. The molecule has 14 heavy (non-hydrogen) atoms. The zero-order valence-electron chi connectivity index (χ0n) is 9.13. The normalized spacial score (nSPS) is 11.3. The third kappa shape index (κ3) is 9.14. The second-order valence-electron chi connectivity index (χ2n) is 3.07. The van der Waals surface area contributed by atoms with Crippen molar-refractivity contribution >= 4 is 11.9 Å². The number of carboxylic acid groups (broad SMARTS) is 1. The standard InChI is InChI=1S/C9H17NO3.K/c1-3-4-5-6-8(11)10-7(2)9(12)13;/h7H,3-6H2,1-2H3,(H,10,11)(H,12,13);/q;+1/p-1/t7-;/m0./s1. The number of amides is 1. The van der Waals surface area contributed by atoms with Crippen molar-refractivity contribution < 1.29 is 66.1 Å². The van der Waals surface area contributed by atoms with Gasteiger partial charge in [0.05, 0.1) is 12.0 Å². The third-order valence-electron chi connectivity index (χ3n) is 1.74. The first kappa shape index (κ1) is 17.0. The molecule has 0 spiro atoms. The summed E-state index contributed by atoms with van der Waals surface area (Å²) >= 11 is 0. The first-order chi connectivity index (χ1) is 6.07. The molecule has 0 rings (SSSR count). The van der Waals surface area contributed by atoms with E-state index in [1.54, 1.807) is 0 Å². The maximum absolute atomic E-state index is 11.0. The zero-order valence-corrected chi connectivity index (χ0v) is 12.3. The van der Waals surface area contributed by atoms with Crippen LogP contribution in [0.1, 0.15) is 39.5 Å². The third-order valence-corrected chi connectivity index (χ3v) is 1.74. The fraction of sp³-hybridized carbons (Fsp3) is 0.778. The number of hydrogen-bond acceptors (Lipinski definition) is 3. The molecule has 76 valence electrons. The molecule has 0 heterocycles. The van der Waals surface area contributed by atoms with Crippen LogP contribution in [0.25, 0.3) is 0 Å². The van der Waals surface area contributed by atoms with Gasteiger partial charge in [0.1, 0.15) is 0 Å². The van der Waals surface area contributed by atoms with E-state index in [0.717, 1.165) is 19.3 Å². The first-order valence-electron chi connectivity index (χ1n) is 4.58. The van der Waals surface area contributed by atoms with E-state index in [-0.39, 0.29) is 57.3 Å². The van der Waals surface area contributed by atoms with Crippen LogP contribution in [0.4, 0.5) is 0 Å². The maximum atomic E-state index is 11.0. The Hall–Kier alpha value is 0.576. The topological polar surface area (TPSA) is 69.2 Å². The summed E-state index contributed by atoms with van der Waals surface area (Å²) in [5.41, 5.74) is 0. The molecule has 0 aliphatic rings. The minimum absolute atomic E-state index is 0. The van der Waals surface area contributed by atoms with Crippen molar-refractivity contribution in [2.24, 2.45) is 0 Å². The second-order valence-corrected chi connectivity index (χ2v) is 3.07. The molecular weight excluding hydrogens is 209 g/mol. The summed E-state index contributed by atoms with van der Waals surface area (Å²) < 4.78 is 0. The summed E-state index contributed by atoms with van der Waals surface area (Å²) in [6, 6.07) is -0.894. The quantitative estimate of drug-likeness (QED) is 0.383. The second kappa shape index (κ2) is 10.1. The van der Waals surface area contributed by atoms with Crippen molar-refractivity contribution in [3.63, 3.8) is 0 Å². The van der Waals surface area contributed by atoms with E-state index in [1.165, 1.54) is 6.92 Å². The van der Waals surface area contributed by atoms with Crippen LogP contribution in [0.5, 0.6) is 0 Å². The Morgan fingerprint density at radius 2 is 1.93 bits per heavy atom. The number of nitrogens with one attached hydrogen (secondary N) is 1. The number of carbonyl (C=O) groups is 2. The van der Waals surface area contributed by atoms with Gasteiger partial charge < -0.3 is 15.2 Å². The van der Waals surface area contributed by atoms with Gasteiger partial charge in [0.15, 0.2) is 0 Å². The monoisotopic (exact) mass is 225 g/mol. The van der Waals surface area contributed by atoms with Crippen LogP contribution in [0.15, 0.2) is 0 Å². The Bertz CT molecular complexity index is 185. The molecule has 0 bridgehead atoms. The summed E-state index contributed by atoms with van der Waals surface area (Å²) in [5, 5.41) is 12.6.